The molecule has 7 nitrogen and oxygen atoms in total. The Bertz CT molecular complexity index is 1290. The third-order valence-corrected chi connectivity index (χ3v) is 6.58. The summed E-state index contributed by atoms with van der Waals surface area (Å²) in [4.78, 5) is 21.9. The number of hydrogen-bond donors (Lipinski definition) is 0. The van der Waals surface area contributed by atoms with E-state index in [1.165, 1.54) is 18.5 Å². The van der Waals surface area contributed by atoms with E-state index >= 15 is 0 Å². The molecular formula is C17H13F6N5O2S. The van der Waals surface area contributed by atoms with Crippen LogP contribution in [0.1, 0.15) is 18.1 Å². The predicted octanol–water partition coefficient (Wildman–Crippen LogP) is 4.07. The Morgan fingerprint density at radius 1 is 1.06 bits per heavy atom. The number of carbonyl (C=O) groups is 1. The summed E-state index contributed by atoms with van der Waals surface area (Å²) in [5.41, 5.74) is -2.83. The monoisotopic (exact) mass is 465 g/mol. The van der Waals surface area contributed by atoms with Gasteiger partial charge in [0.15, 0.2) is 11.5 Å². The van der Waals surface area contributed by atoms with Crippen molar-refractivity contribution >= 4 is 27.3 Å². The molecule has 0 fully saturated rings. The lowest BCUT2D eigenvalue weighted by atomic mass is 10.2. The number of fused-ring (bicyclic) bond motifs is 1. The molecule has 1 atom stereocenters. The smallest absolute Gasteiger partial charge is 0.310 e. The van der Waals surface area contributed by atoms with Crippen molar-refractivity contribution in [1.29, 1.82) is 0 Å². The number of aryl methyl sites for hydroxylation is 1. The first-order valence-electron chi connectivity index (χ1n) is 8.46. The first-order chi connectivity index (χ1) is 14.3. The highest BCUT2D eigenvalue weighted by molar-refractivity contribution is 7.94. The summed E-state index contributed by atoms with van der Waals surface area (Å²) >= 11 is 0. The molecule has 0 aliphatic heterocycles. The zero-order valence-electron chi connectivity index (χ0n) is 15.8. The van der Waals surface area contributed by atoms with Gasteiger partial charge >= 0.3 is 12.4 Å². The van der Waals surface area contributed by atoms with Crippen LogP contribution in [0.3, 0.4) is 0 Å². The molecule has 0 aliphatic carbocycles. The van der Waals surface area contributed by atoms with Gasteiger partial charge in [-0.3, -0.25) is 9.78 Å². The van der Waals surface area contributed by atoms with Crippen LogP contribution >= 0.6 is 0 Å². The van der Waals surface area contributed by atoms with Crippen LogP contribution in [0.5, 0.6) is 0 Å². The molecule has 0 N–H and O–H groups in total. The first kappa shape index (κ1) is 22.7. The van der Waals surface area contributed by atoms with Crippen molar-refractivity contribution < 1.29 is 35.3 Å². The SMILES string of the molecule is CCS(=O)(=NC=O)c1cc(C(F)(F)F)cnc1-c1nc2cc(C(F)(F)F)cnc2n1C. The summed E-state index contributed by atoms with van der Waals surface area (Å²) in [6, 6.07) is 1.28. The number of pyridine rings is 2. The van der Waals surface area contributed by atoms with E-state index < -0.39 is 38.1 Å². The zero-order valence-corrected chi connectivity index (χ0v) is 16.6. The Hall–Kier alpha value is -3.03. The standard InChI is InChI=1S/C17H13F6N5O2S/c1-3-31(30,26-8-29)12-5-10(17(21,22)23)6-24-13(12)15-27-11-4-9(16(18,19)20)7-25-14(11)28(15)2/h4-8H,3H2,1-2H3. The second kappa shape index (κ2) is 7.59. The van der Waals surface area contributed by atoms with Gasteiger partial charge in [0.05, 0.1) is 25.8 Å². The van der Waals surface area contributed by atoms with Gasteiger partial charge in [-0.25, -0.2) is 14.2 Å². The third-order valence-electron chi connectivity index (χ3n) is 4.38. The van der Waals surface area contributed by atoms with Crippen LogP contribution in [0, 0.1) is 0 Å². The Labute approximate surface area is 171 Å². The van der Waals surface area contributed by atoms with Gasteiger partial charge in [0.25, 0.3) is 0 Å². The molecule has 3 aromatic heterocycles. The van der Waals surface area contributed by atoms with E-state index in [1.807, 2.05) is 0 Å². The van der Waals surface area contributed by atoms with E-state index in [9.17, 15) is 35.3 Å². The number of amides is 1. The molecule has 14 heteroatoms. The zero-order chi connectivity index (χ0) is 23.2. The van der Waals surface area contributed by atoms with E-state index in [1.54, 1.807) is 0 Å². The fourth-order valence-electron chi connectivity index (χ4n) is 2.81. The number of halogens is 6. The van der Waals surface area contributed by atoms with Crippen LogP contribution in [0.25, 0.3) is 22.7 Å². The molecule has 1 amide bonds. The molecule has 166 valence electrons. The molecule has 0 aliphatic rings. The van der Waals surface area contributed by atoms with Crippen molar-refractivity contribution in [2.45, 2.75) is 24.2 Å². The molecule has 3 rings (SSSR count). The van der Waals surface area contributed by atoms with Gasteiger partial charge < -0.3 is 4.57 Å². The summed E-state index contributed by atoms with van der Waals surface area (Å²) in [5, 5.41) is 0. The van der Waals surface area contributed by atoms with Gasteiger partial charge in [-0.05, 0) is 12.1 Å². The van der Waals surface area contributed by atoms with Crippen LogP contribution in [-0.4, -0.2) is 35.9 Å². The van der Waals surface area contributed by atoms with Crippen molar-refractivity contribution in [3.63, 3.8) is 0 Å². The molecule has 0 bridgehead atoms. The van der Waals surface area contributed by atoms with Gasteiger partial charge in [-0.2, -0.15) is 30.7 Å². The van der Waals surface area contributed by atoms with E-state index in [-0.39, 0.29) is 34.8 Å². The average molecular weight is 465 g/mol. The Balaban J connectivity index is 2.36. The fraction of sp³-hybridized carbons (Fsp3) is 0.294. The van der Waals surface area contributed by atoms with Gasteiger partial charge in [0.2, 0.25) is 6.41 Å². The lowest BCUT2D eigenvalue weighted by molar-refractivity contribution is -0.138. The Morgan fingerprint density at radius 3 is 2.19 bits per heavy atom. The number of imidazole rings is 1. The van der Waals surface area contributed by atoms with Crippen LogP contribution in [0.2, 0.25) is 0 Å². The highest BCUT2D eigenvalue weighted by atomic mass is 32.2. The van der Waals surface area contributed by atoms with Gasteiger partial charge in [0, 0.05) is 25.2 Å². The van der Waals surface area contributed by atoms with Crippen molar-refractivity contribution in [1.82, 2.24) is 19.5 Å². The largest absolute Gasteiger partial charge is 0.417 e. The molecule has 0 spiro atoms. The van der Waals surface area contributed by atoms with E-state index in [2.05, 4.69) is 19.3 Å². The lowest BCUT2D eigenvalue weighted by Crippen LogP contribution is -2.13. The summed E-state index contributed by atoms with van der Waals surface area (Å²) in [6.07, 6.45) is -8.49. The first-order valence-corrected chi connectivity index (χ1v) is 10.1. The molecule has 0 saturated carbocycles. The molecule has 0 saturated heterocycles. The minimum Gasteiger partial charge on any atom is -0.310 e. The number of carbonyl (C=O) groups excluding carboxylic acids is 1. The minimum atomic E-state index is -4.83. The predicted molar refractivity (Wildman–Crippen MR) is 97.2 cm³/mol. The van der Waals surface area contributed by atoms with Crippen LogP contribution in [0.4, 0.5) is 26.3 Å². The van der Waals surface area contributed by atoms with Crippen molar-refractivity contribution in [2.75, 3.05) is 5.75 Å². The normalized spacial score (nSPS) is 14.5. The quantitative estimate of drug-likeness (QED) is 0.428. The molecule has 0 radical (unpaired) electrons. The second-order valence-corrected chi connectivity index (χ2v) is 8.78. The minimum absolute atomic E-state index is 0.00836. The maximum Gasteiger partial charge on any atom is 0.417 e. The lowest BCUT2D eigenvalue weighted by Gasteiger charge is -2.14. The summed E-state index contributed by atoms with van der Waals surface area (Å²) < 4.78 is 96.2. The number of aromatic nitrogens is 4. The Morgan fingerprint density at radius 2 is 1.65 bits per heavy atom. The van der Waals surface area contributed by atoms with E-state index in [0.29, 0.717) is 18.5 Å². The van der Waals surface area contributed by atoms with E-state index in [4.69, 9.17) is 0 Å². The van der Waals surface area contributed by atoms with Crippen molar-refractivity contribution in [3.05, 3.63) is 35.7 Å². The Kier molecular flexibility index (Phi) is 5.54. The number of alkyl halides is 6. The summed E-state index contributed by atoms with van der Waals surface area (Å²) in [5.74, 6) is -0.505. The molecule has 3 aromatic rings. The van der Waals surface area contributed by atoms with Crippen LogP contribution in [0.15, 0.2) is 33.8 Å². The van der Waals surface area contributed by atoms with Crippen LogP contribution in [-0.2, 0) is 33.9 Å². The molecular weight excluding hydrogens is 452 g/mol. The van der Waals surface area contributed by atoms with Crippen molar-refractivity contribution in [3.8, 4) is 11.5 Å². The number of hydrogen-bond acceptors (Lipinski definition) is 5. The molecule has 3 heterocycles. The second-order valence-electron chi connectivity index (χ2n) is 6.27. The fourth-order valence-corrected chi connectivity index (χ4v) is 4.28. The highest BCUT2D eigenvalue weighted by Gasteiger charge is 2.35. The molecule has 0 aromatic carbocycles. The third kappa shape index (κ3) is 4.11. The topological polar surface area (TPSA) is 90.1 Å². The summed E-state index contributed by atoms with van der Waals surface area (Å²) in [7, 11) is -2.30. The van der Waals surface area contributed by atoms with Gasteiger partial charge in [-0.15, -0.1) is 0 Å². The summed E-state index contributed by atoms with van der Waals surface area (Å²) in [6.45, 7) is 1.35. The van der Waals surface area contributed by atoms with Gasteiger partial charge in [0.1, 0.15) is 11.2 Å². The molecule has 31 heavy (non-hydrogen) atoms. The van der Waals surface area contributed by atoms with Crippen LogP contribution < -0.4 is 0 Å². The molecule has 1 unspecified atom stereocenters. The number of nitrogens with zero attached hydrogens (tertiary/aromatic N) is 5. The number of rotatable bonds is 4. The van der Waals surface area contributed by atoms with Gasteiger partial charge in [-0.1, -0.05) is 6.92 Å². The highest BCUT2D eigenvalue weighted by Crippen LogP contribution is 2.36. The van der Waals surface area contributed by atoms with Crippen molar-refractivity contribution in [2.24, 2.45) is 11.4 Å². The van der Waals surface area contributed by atoms with E-state index in [0.717, 1.165) is 6.07 Å². The maximum atomic E-state index is 13.2. The average Bonchev–Trinajstić information content (AvgIpc) is 3.02. The maximum absolute atomic E-state index is 13.2.